The Kier molecular flexibility index (Phi) is 45.0. The van der Waals surface area contributed by atoms with Crippen LogP contribution in [0, 0.1) is 0 Å². The van der Waals surface area contributed by atoms with Gasteiger partial charge < -0.3 is 81.6 Å². The third-order valence-electron chi connectivity index (χ3n) is 7.05. The number of hydrogen-bond acceptors (Lipinski definition) is 17. The summed E-state index contributed by atoms with van der Waals surface area (Å²) in [6, 6.07) is 0. The number of rotatable bonds is 42. The summed E-state index contributed by atoms with van der Waals surface area (Å²) >= 11 is 0. The van der Waals surface area contributed by atoms with E-state index in [1.807, 2.05) is 48.5 Å². The minimum absolute atomic E-state index is 0.0108. The highest BCUT2D eigenvalue weighted by Gasteiger charge is 2.14. The first-order valence-corrected chi connectivity index (χ1v) is 20.1. The van der Waals surface area contributed by atoms with E-state index in [0.717, 1.165) is 0 Å². The Balaban J connectivity index is 0. The SMILES string of the molecule is COCC(C)OCC(C)OCC(C)OCC(C)OCC(C)OCC(C)OCC(C)OCC(C)O.OCCOCCOCCOCCOCCOCCOCCO. The fourth-order valence-electron chi connectivity index (χ4n) is 4.00. The van der Waals surface area contributed by atoms with Crippen LogP contribution in [0.15, 0.2) is 0 Å². The molecule has 340 valence electrons. The molecule has 0 saturated carbocycles. The standard InChI is InChI=1S/C25H52O9.C14H30O8/c1-18(26)10-28-20(3)12-30-22(5)14-32-24(7)16-34-25(8)17-33-23(6)15-31-21(4)13-29-19(2)11-27-9;15-1-3-17-5-7-19-9-11-21-13-14-22-12-10-20-8-6-18-4-2-16/h18-26H,10-17H2,1-9H3;15-16H,1-14H2. The lowest BCUT2D eigenvalue weighted by Crippen LogP contribution is -2.30. The van der Waals surface area contributed by atoms with Crippen LogP contribution in [0.2, 0.25) is 0 Å². The Morgan fingerprint density at radius 1 is 0.304 bits per heavy atom. The van der Waals surface area contributed by atoms with Crippen molar-refractivity contribution in [3.05, 3.63) is 0 Å². The molecule has 0 fully saturated rings. The second kappa shape index (κ2) is 43.9. The van der Waals surface area contributed by atoms with Gasteiger partial charge >= 0.3 is 0 Å². The van der Waals surface area contributed by atoms with Gasteiger partial charge in [0, 0.05) is 7.11 Å². The summed E-state index contributed by atoms with van der Waals surface area (Å²) in [4.78, 5) is 0. The molecule has 0 aromatic carbocycles. The van der Waals surface area contributed by atoms with E-state index in [2.05, 4.69) is 0 Å². The third-order valence-corrected chi connectivity index (χ3v) is 7.05. The van der Waals surface area contributed by atoms with Crippen molar-refractivity contribution in [2.24, 2.45) is 0 Å². The summed E-state index contributed by atoms with van der Waals surface area (Å²) in [5.41, 5.74) is 0. The van der Waals surface area contributed by atoms with Crippen LogP contribution in [0.25, 0.3) is 0 Å². The highest BCUT2D eigenvalue weighted by molar-refractivity contribution is 4.59. The van der Waals surface area contributed by atoms with Gasteiger partial charge in [-0.15, -0.1) is 0 Å². The molecule has 0 aliphatic rings. The van der Waals surface area contributed by atoms with E-state index in [-0.39, 0.29) is 55.9 Å². The van der Waals surface area contributed by atoms with Crippen molar-refractivity contribution in [2.75, 3.05) is 152 Å². The van der Waals surface area contributed by atoms with E-state index < -0.39 is 6.10 Å². The number of hydrogen-bond donors (Lipinski definition) is 3. The monoisotopic (exact) mass is 823 g/mol. The number of ether oxygens (including phenoxy) is 14. The largest absolute Gasteiger partial charge is 0.394 e. The van der Waals surface area contributed by atoms with E-state index in [0.29, 0.717) is 132 Å². The fraction of sp³-hybridized carbons (Fsp3) is 1.00. The minimum Gasteiger partial charge on any atom is -0.394 e. The normalized spacial score (nSPS) is 16.1. The molecule has 0 saturated heterocycles. The van der Waals surface area contributed by atoms with Crippen molar-refractivity contribution < 1.29 is 81.6 Å². The summed E-state index contributed by atoms with van der Waals surface area (Å²) in [5, 5.41) is 26.2. The lowest BCUT2D eigenvalue weighted by atomic mass is 10.3. The molecule has 0 amide bonds. The van der Waals surface area contributed by atoms with E-state index >= 15 is 0 Å². The molecule has 0 aliphatic carbocycles. The molecule has 0 radical (unpaired) electrons. The Morgan fingerprint density at radius 3 is 0.696 bits per heavy atom. The van der Waals surface area contributed by atoms with Gasteiger partial charge in [0.2, 0.25) is 0 Å². The Labute approximate surface area is 338 Å². The number of aliphatic hydroxyl groups is 3. The van der Waals surface area contributed by atoms with Gasteiger partial charge in [-0.1, -0.05) is 0 Å². The first-order valence-electron chi connectivity index (χ1n) is 20.1. The zero-order valence-corrected chi connectivity index (χ0v) is 36.2. The van der Waals surface area contributed by atoms with Crippen molar-refractivity contribution in [3.8, 4) is 0 Å². The van der Waals surface area contributed by atoms with Crippen molar-refractivity contribution >= 4 is 0 Å². The first kappa shape index (κ1) is 57.4. The molecule has 0 spiro atoms. The second-order valence-corrected chi connectivity index (χ2v) is 13.4. The van der Waals surface area contributed by atoms with Crippen LogP contribution in [0.4, 0.5) is 0 Å². The average Bonchev–Trinajstić information content (AvgIpc) is 3.18. The van der Waals surface area contributed by atoms with Crippen molar-refractivity contribution in [1.29, 1.82) is 0 Å². The molecule has 0 aliphatic heterocycles. The highest BCUT2D eigenvalue weighted by atomic mass is 16.6. The first-order chi connectivity index (χ1) is 26.9. The fourth-order valence-corrected chi connectivity index (χ4v) is 4.00. The number of methoxy groups -OCH3 is 1. The van der Waals surface area contributed by atoms with E-state index in [4.69, 9.17) is 76.5 Å². The number of aliphatic hydroxyl groups excluding tert-OH is 3. The maximum atomic E-state index is 9.25. The topological polar surface area (TPSA) is 190 Å². The summed E-state index contributed by atoms with van der Waals surface area (Å²) in [6.45, 7) is 25.1. The third kappa shape index (κ3) is 46.0. The maximum Gasteiger partial charge on any atom is 0.0781 e. The molecule has 0 heterocycles. The predicted octanol–water partition coefficient (Wildman–Crippen LogP) is 1.92. The Hall–Kier alpha value is -0.680. The van der Waals surface area contributed by atoms with Crippen molar-refractivity contribution in [2.45, 2.75) is 104 Å². The minimum atomic E-state index is -0.474. The quantitative estimate of drug-likeness (QED) is 0.0757. The summed E-state index contributed by atoms with van der Waals surface area (Å²) in [6.07, 6.45) is -0.714. The van der Waals surface area contributed by atoms with Crippen molar-refractivity contribution in [3.63, 3.8) is 0 Å². The van der Waals surface area contributed by atoms with Gasteiger partial charge in [0.15, 0.2) is 0 Å². The average molecular weight is 823 g/mol. The molecule has 8 atom stereocenters. The molecule has 3 N–H and O–H groups in total. The van der Waals surface area contributed by atoms with Crippen LogP contribution in [-0.4, -0.2) is 217 Å². The van der Waals surface area contributed by atoms with Gasteiger partial charge in [-0.05, 0) is 55.4 Å². The Bertz CT molecular complexity index is 736. The van der Waals surface area contributed by atoms with Gasteiger partial charge in [-0.25, -0.2) is 0 Å². The molecular formula is C39H82O17. The summed E-state index contributed by atoms with van der Waals surface area (Å²) in [5.74, 6) is 0. The molecule has 0 aromatic heterocycles. The van der Waals surface area contributed by atoms with E-state index in [1.165, 1.54) is 0 Å². The molecule has 56 heavy (non-hydrogen) atoms. The molecule has 17 heteroatoms. The van der Waals surface area contributed by atoms with Crippen LogP contribution in [-0.2, 0) is 66.3 Å². The summed E-state index contributed by atoms with van der Waals surface area (Å²) in [7, 11) is 1.66. The van der Waals surface area contributed by atoms with Crippen molar-refractivity contribution in [1.82, 2.24) is 0 Å². The van der Waals surface area contributed by atoms with E-state index in [9.17, 15) is 5.11 Å². The maximum absolute atomic E-state index is 9.25. The zero-order valence-electron chi connectivity index (χ0n) is 36.2. The lowest BCUT2D eigenvalue weighted by molar-refractivity contribution is -0.108. The molecule has 0 aromatic rings. The van der Waals surface area contributed by atoms with Crippen LogP contribution in [0.5, 0.6) is 0 Å². The van der Waals surface area contributed by atoms with Gasteiger partial charge in [0.05, 0.1) is 194 Å². The molecular weight excluding hydrogens is 740 g/mol. The Morgan fingerprint density at radius 2 is 0.500 bits per heavy atom. The second-order valence-electron chi connectivity index (χ2n) is 13.4. The van der Waals surface area contributed by atoms with Gasteiger partial charge in [0.25, 0.3) is 0 Å². The van der Waals surface area contributed by atoms with Gasteiger partial charge in [0.1, 0.15) is 0 Å². The predicted molar refractivity (Wildman–Crippen MR) is 211 cm³/mol. The highest BCUT2D eigenvalue weighted by Crippen LogP contribution is 2.05. The van der Waals surface area contributed by atoms with Gasteiger partial charge in [-0.3, -0.25) is 0 Å². The van der Waals surface area contributed by atoms with E-state index in [1.54, 1.807) is 14.0 Å². The zero-order chi connectivity index (χ0) is 42.1. The molecule has 8 unspecified atom stereocenters. The molecule has 17 nitrogen and oxygen atoms in total. The molecule has 0 bridgehead atoms. The van der Waals surface area contributed by atoms with Crippen LogP contribution < -0.4 is 0 Å². The van der Waals surface area contributed by atoms with Gasteiger partial charge in [-0.2, -0.15) is 0 Å². The van der Waals surface area contributed by atoms with Crippen LogP contribution in [0.3, 0.4) is 0 Å². The van der Waals surface area contributed by atoms with Crippen LogP contribution >= 0.6 is 0 Å². The molecule has 0 rings (SSSR count). The summed E-state index contributed by atoms with van der Waals surface area (Å²) < 4.78 is 76.4. The lowest BCUT2D eigenvalue weighted by Gasteiger charge is -2.23. The smallest absolute Gasteiger partial charge is 0.0781 e. The van der Waals surface area contributed by atoms with Crippen LogP contribution in [0.1, 0.15) is 55.4 Å².